The van der Waals surface area contributed by atoms with Crippen LogP contribution >= 0.6 is 0 Å². The zero-order chi connectivity index (χ0) is 12.8. The van der Waals surface area contributed by atoms with Gasteiger partial charge in [-0.1, -0.05) is 18.2 Å². The van der Waals surface area contributed by atoms with Gasteiger partial charge in [-0.15, -0.1) is 0 Å². The first-order valence-electron chi connectivity index (χ1n) is 6.00. The molecular formula is C15H16N2O. The lowest BCUT2D eigenvalue weighted by Gasteiger charge is -2.05. The van der Waals surface area contributed by atoms with Crippen LogP contribution in [-0.4, -0.2) is 10.9 Å². The van der Waals surface area contributed by atoms with Crippen molar-refractivity contribution in [3.63, 3.8) is 0 Å². The lowest BCUT2D eigenvalue weighted by molar-refractivity contribution is -0.116. The smallest absolute Gasteiger partial charge is 0.224 e. The lowest BCUT2D eigenvalue weighted by atomic mass is 10.2. The molecule has 0 spiro atoms. The van der Waals surface area contributed by atoms with E-state index in [1.165, 1.54) is 0 Å². The van der Waals surface area contributed by atoms with Crippen molar-refractivity contribution in [1.29, 1.82) is 0 Å². The third kappa shape index (κ3) is 3.70. The summed E-state index contributed by atoms with van der Waals surface area (Å²) in [6.07, 6.45) is 2.86. The molecule has 0 saturated heterocycles. The largest absolute Gasteiger partial charge is 0.326 e. The quantitative estimate of drug-likeness (QED) is 0.892. The number of aryl methyl sites for hydroxylation is 2. The van der Waals surface area contributed by atoms with Gasteiger partial charge in [0, 0.05) is 24.0 Å². The summed E-state index contributed by atoms with van der Waals surface area (Å²) in [5.41, 5.74) is 2.93. The first-order valence-corrected chi connectivity index (χ1v) is 6.00. The van der Waals surface area contributed by atoms with Crippen molar-refractivity contribution < 1.29 is 4.79 Å². The maximum Gasteiger partial charge on any atom is 0.224 e. The third-order valence-corrected chi connectivity index (χ3v) is 2.64. The second kappa shape index (κ2) is 5.96. The van der Waals surface area contributed by atoms with Crippen LogP contribution in [0.5, 0.6) is 0 Å². The summed E-state index contributed by atoms with van der Waals surface area (Å²) in [6.45, 7) is 2.00. The van der Waals surface area contributed by atoms with Gasteiger partial charge in [0.2, 0.25) is 5.91 Å². The van der Waals surface area contributed by atoms with Crippen LogP contribution in [0.15, 0.2) is 48.7 Å². The van der Waals surface area contributed by atoms with Crippen LogP contribution < -0.4 is 5.32 Å². The Kier molecular flexibility index (Phi) is 4.07. The van der Waals surface area contributed by atoms with Crippen molar-refractivity contribution in [3.05, 3.63) is 59.9 Å². The second-order valence-corrected chi connectivity index (χ2v) is 4.24. The SMILES string of the molecule is Cc1cccc(NC(=O)CCc2ccccn2)c1. The Balaban J connectivity index is 1.86. The fourth-order valence-corrected chi connectivity index (χ4v) is 1.73. The molecular weight excluding hydrogens is 224 g/mol. The van der Waals surface area contributed by atoms with Crippen LogP contribution in [0.4, 0.5) is 5.69 Å². The van der Waals surface area contributed by atoms with Crippen LogP contribution in [0.3, 0.4) is 0 Å². The molecule has 0 unspecified atom stereocenters. The maximum atomic E-state index is 11.8. The average molecular weight is 240 g/mol. The zero-order valence-corrected chi connectivity index (χ0v) is 10.4. The van der Waals surface area contributed by atoms with Gasteiger partial charge < -0.3 is 5.32 Å². The fourth-order valence-electron chi connectivity index (χ4n) is 1.73. The molecule has 1 aromatic carbocycles. The predicted molar refractivity (Wildman–Crippen MR) is 72.4 cm³/mol. The van der Waals surface area contributed by atoms with Crippen molar-refractivity contribution >= 4 is 11.6 Å². The van der Waals surface area contributed by atoms with Gasteiger partial charge >= 0.3 is 0 Å². The van der Waals surface area contributed by atoms with Gasteiger partial charge in [-0.05, 0) is 43.2 Å². The molecule has 0 aliphatic rings. The minimum Gasteiger partial charge on any atom is -0.326 e. The van der Waals surface area contributed by atoms with E-state index in [1.807, 2.05) is 49.4 Å². The molecule has 1 N–H and O–H groups in total. The van der Waals surface area contributed by atoms with E-state index in [0.29, 0.717) is 12.8 Å². The molecule has 0 atom stereocenters. The Morgan fingerprint density at radius 3 is 2.83 bits per heavy atom. The van der Waals surface area contributed by atoms with Crippen molar-refractivity contribution in [2.45, 2.75) is 19.8 Å². The van der Waals surface area contributed by atoms with Gasteiger partial charge in [0.05, 0.1) is 0 Å². The van der Waals surface area contributed by atoms with Gasteiger partial charge in [0.15, 0.2) is 0 Å². The number of aromatic nitrogens is 1. The number of hydrogen-bond acceptors (Lipinski definition) is 2. The number of benzene rings is 1. The number of nitrogens with one attached hydrogen (secondary N) is 1. The van der Waals surface area contributed by atoms with E-state index in [4.69, 9.17) is 0 Å². The van der Waals surface area contributed by atoms with Gasteiger partial charge in [-0.2, -0.15) is 0 Å². The minimum atomic E-state index is 0.0197. The summed E-state index contributed by atoms with van der Waals surface area (Å²) >= 11 is 0. The molecule has 1 heterocycles. The lowest BCUT2D eigenvalue weighted by Crippen LogP contribution is -2.12. The molecule has 2 rings (SSSR count). The summed E-state index contributed by atoms with van der Waals surface area (Å²) in [7, 11) is 0. The Morgan fingerprint density at radius 1 is 1.22 bits per heavy atom. The van der Waals surface area contributed by atoms with Crippen LogP contribution in [0.25, 0.3) is 0 Å². The summed E-state index contributed by atoms with van der Waals surface area (Å²) < 4.78 is 0. The van der Waals surface area contributed by atoms with E-state index in [0.717, 1.165) is 16.9 Å². The topological polar surface area (TPSA) is 42.0 Å². The zero-order valence-electron chi connectivity index (χ0n) is 10.4. The van der Waals surface area contributed by atoms with Crippen molar-refractivity contribution in [1.82, 2.24) is 4.98 Å². The van der Waals surface area contributed by atoms with Gasteiger partial charge in [-0.25, -0.2) is 0 Å². The van der Waals surface area contributed by atoms with E-state index in [-0.39, 0.29) is 5.91 Å². The number of carbonyl (C=O) groups is 1. The molecule has 0 bridgehead atoms. The third-order valence-electron chi connectivity index (χ3n) is 2.64. The van der Waals surface area contributed by atoms with Gasteiger partial charge in [-0.3, -0.25) is 9.78 Å². The van der Waals surface area contributed by atoms with E-state index in [1.54, 1.807) is 6.20 Å². The highest BCUT2D eigenvalue weighted by molar-refractivity contribution is 5.90. The number of rotatable bonds is 4. The monoisotopic (exact) mass is 240 g/mol. The fraction of sp³-hybridized carbons (Fsp3) is 0.200. The molecule has 0 aliphatic carbocycles. The molecule has 1 aromatic heterocycles. The number of hydrogen-bond donors (Lipinski definition) is 1. The van der Waals surface area contributed by atoms with E-state index in [9.17, 15) is 4.79 Å². The molecule has 3 nitrogen and oxygen atoms in total. The van der Waals surface area contributed by atoms with Gasteiger partial charge in [0.1, 0.15) is 0 Å². The Labute approximate surface area is 107 Å². The molecule has 92 valence electrons. The number of nitrogens with zero attached hydrogens (tertiary/aromatic N) is 1. The first kappa shape index (κ1) is 12.3. The van der Waals surface area contributed by atoms with Gasteiger partial charge in [0.25, 0.3) is 0 Å². The van der Waals surface area contributed by atoms with E-state index in [2.05, 4.69) is 10.3 Å². The number of anilines is 1. The highest BCUT2D eigenvalue weighted by atomic mass is 16.1. The second-order valence-electron chi connectivity index (χ2n) is 4.24. The highest BCUT2D eigenvalue weighted by Crippen LogP contribution is 2.10. The average Bonchev–Trinajstić information content (AvgIpc) is 2.38. The summed E-state index contributed by atoms with van der Waals surface area (Å²) in [5, 5.41) is 2.89. The molecule has 3 heteroatoms. The molecule has 0 aliphatic heterocycles. The minimum absolute atomic E-state index is 0.0197. The standard InChI is InChI=1S/C15H16N2O/c1-12-5-4-7-14(11-12)17-15(18)9-8-13-6-2-3-10-16-13/h2-7,10-11H,8-9H2,1H3,(H,17,18). The van der Waals surface area contributed by atoms with Crippen LogP contribution in [0.1, 0.15) is 17.7 Å². The molecule has 18 heavy (non-hydrogen) atoms. The Bertz CT molecular complexity index is 523. The van der Waals surface area contributed by atoms with Crippen LogP contribution in [0.2, 0.25) is 0 Å². The molecule has 0 radical (unpaired) electrons. The first-order chi connectivity index (χ1) is 8.74. The maximum absolute atomic E-state index is 11.8. The predicted octanol–water partition coefficient (Wildman–Crippen LogP) is 2.96. The molecule has 1 amide bonds. The molecule has 0 fully saturated rings. The highest BCUT2D eigenvalue weighted by Gasteiger charge is 2.03. The van der Waals surface area contributed by atoms with Crippen LogP contribution in [0, 0.1) is 6.92 Å². The normalized spacial score (nSPS) is 10.1. The van der Waals surface area contributed by atoms with E-state index < -0.39 is 0 Å². The van der Waals surface area contributed by atoms with Crippen molar-refractivity contribution in [2.75, 3.05) is 5.32 Å². The van der Waals surface area contributed by atoms with Crippen LogP contribution in [-0.2, 0) is 11.2 Å². The Hall–Kier alpha value is -2.16. The summed E-state index contributed by atoms with van der Waals surface area (Å²) in [4.78, 5) is 16.0. The number of pyridine rings is 1. The van der Waals surface area contributed by atoms with E-state index >= 15 is 0 Å². The molecule has 0 saturated carbocycles. The number of carbonyl (C=O) groups excluding carboxylic acids is 1. The summed E-state index contributed by atoms with van der Waals surface area (Å²) in [5.74, 6) is 0.0197. The van der Waals surface area contributed by atoms with Crippen molar-refractivity contribution in [3.8, 4) is 0 Å². The molecule has 2 aromatic rings. The summed E-state index contributed by atoms with van der Waals surface area (Å²) in [6, 6.07) is 13.5. The Morgan fingerprint density at radius 2 is 2.11 bits per heavy atom. The number of amides is 1. The van der Waals surface area contributed by atoms with Crippen molar-refractivity contribution in [2.24, 2.45) is 0 Å².